The molecule has 0 bridgehead atoms. The van der Waals surface area contributed by atoms with Crippen molar-refractivity contribution < 1.29 is 4.79 Å². The van der Waals surface area contributed by atoms with Crippen LogP contribution >= 0.6 is 0 Å². The Labute approximate surface area is 119 Å². The maximum Gasteiger partial charge on any atom is 0.224 e. The molecule has 2 N–H and O–H groups in total. The molecule has 4 nitrogen and oxygen atoms in total. The number of amides is 1. The number of hydrogen-bond donors (Lipinski definition) is 2. The van der Waals surface area contributed by atoms with Crippen molar-refractivity contribution in [2.45, 2.75) is 40.7 Å². The second kappa shape index (κ2) is 5.90. The molecule has 0 radical (unpaired) electrons. The third-order valence-electron chi connectivity index (χ3n) is 3.59. The Morgan fingerprint density at radius 3 is 2.60 bits per heavy atom. The number of nitrogens with one attached hydrogen (secondary N) is 2. The molecule has 106 valence electrons. The SMILES string of the molecule is Cc1ccc(CNC(=O)Cc2c(C)n[nH]c2C)c(C)c1. The highest BCUT2D eigenvalue weighted by atomic mass is 16.1. The van der Waals surface area contributed by atoms with Crippen LogP contribution in [-0.4, -0.2) is 16.1 Å². The lowest BCUT2D eigenvalue weighted by Crippen LogP contribution is -2.25. The Morgan fingerprint density at radius 2 is 2.00 bits per heavy atom. The van der Waals surface area contributed by atoms with E-state index in [4.69, 9.17) is 0 Å². The topological polar surface area (TPSA) is 57.8 Å². The summed E-state index contributed by atoms with van der Waals surface area (Å²) in [6.07, 6.45) is 0.374. The standard InChI is InChI=1S/C16H21N3O/c1-10-5-6-14(11(2)7-10)9-17-16(20)8-15-12(3)18-19-13(15)4/h5-7H,8-9H2,1-4H3,(H,17,20)(H,18,19). The fraction of sp³-hybridized carbons (Fsp3) is 0.375. The van der Waals surface area contributed by atoms with Gasteiger partial charge in [0, 0.05) is 17.8 Å². The van der Waals surface area contributed by atoms with E-state index in [9.17, 15) is 4.79 Å². The highest BCUT2D eigenvalue weighted by Crippen LogP contribution is 2.12. The Balaban J connectivity index is 1.96. The summed E-state index contributed by atoms with van der Waals surface area (Å²) in [6, 6.07) is 6.27. The lowest BCUT2D eigenvalue weighted by Gasteiger charge is -2.09. The minimum atomic E-state index is 0.0255. The second-order valence-corrected chi connectivity index (χ2v) is 5.30. The quantitative estimate of drug-likeness (QED) is 0.897. The fourth-order valence-electron chi connectivity index (χ4n) is 2.30. The zero-order valence-corrected chi connectivity index (χ0v) is 12.5. The number of aryl methyl sites for hydroxylation is 4. The first kappa shape index (κ1) is 14.3. The van der Waals surface area contributed by atoms with Gasteiger partial charge < -0.3 is 5.32 Å². The first-order valence-corrected chi connectivity index (χ1v) is 6.80. The molecule has 0 saturated heterocycles. The minimum Gasteiger partial charge on any atom is -0.352 e. The van der Waals surface area contributed by atoms with Gasteiger partial charge in [-0.15, -0.1) is 0 Å². The molecule has 4 heteroatoms. The molecule has 1 aromatic heterocycles. The van der Waals surface area contributed by atoms with Gasteiger partial charge in [0.25, 0.3) is 0 Å². The molecule has 20 heavy (non-hydrogen) atoms. The zero-order valence-electron chi connectivity index (χ0n) is 12.5. The highest BCUT2D eigenvalue weighted by molar-refractivity contribution is 5.79. The van der Waals surface area contributed by atoms with Crippen molar-refractivity contribution in [3.8, 4) is 0 Å². The molecule has 0 atom stereocenters. The average Bonchev–Trinajstić information content (AvgIpc) is 2.69. The van der Waals surface area contributed by atoms with Crippen molar-refractivity contribution in [2.24, 2.45) is 0 Å². The molecular weight excluding hydrogens is 250 g/mol. The molecule has 0 spiro atoms. The van der Waals surface area contributed by atoms with Crippen LogP contribution in [0.4, 0.5) is 0 Å². The molecule has 0 aliphatic rings. The van der Waals surface area contributed by atoms with Crippen molar-refractivity contribution in [3.05, 3.63) is 51.8 Å². The van der Waals surface area contributed by atoms with Gasteiger partial charge in [0.15, 0.2) is 0 Å². The van der Waals surface area contributed by atoms with Gasteiger partial charge in [-0.2, -0.15) is 5.10 Å². The fourth-order valence-corrected chi connectivity index (χ4v) is 2.30. The summed E-state index contributed by atoms with van der Waals surface area (Å²) in [4.78, 5) is 12.0. The van der Waals surface area contributed by atoms with Crippen molar-refractivity contribution in [1.29, 1.82) is 0 Å². The van der Waals surface area contributed by atoms with Crippen molar-refractivity contribution in [3.63, 3.8) is 0 Å². The van der Waals surface area contributed by atoms with Gasteiger partial charge in [-0.25, -0.2) is 0 Å². The van der Waals surface area contributed by atoms with Gasteiger partial charge in [-0.1, -0.05) is 23.8 Å². The number of carbonyl (C=O) groups is 1. The number of nitrogens with zero attached hydrogens (tertiary/aromatic N) is 1. The Morgan fingerprint density at radius 1 is 1.25 bits per heavy atom. The molecule has 2 aromatic rings. The summed E-state index contributed by atoms with van der Waals surface area (Å²) in [5, 5.41) is 9.98. The Kier molecular flexibility index (Phi) is 4.23. The molecular formula is C16H21N3O. The number of rotatable bonds is 4. The summed E-state index contributed by atoms with van der Waals surface area (Å²) in [6.45, 7) is 8.56. The molecule has 0 aliphatic carbocycles. The summed E-state index contributed by atoms with van der Waals surface area (Å²) < 4.78 is 0. The van der Waals surface area contributed by atoms with Gasteiger partial charge in [0.1, 0.15) is 0 Å². The predicted octanol–water partition coefficient (Wildman–Crippen LogP) is 2.50. The van der Waals surface area contributed by atoms with Crippen molar-refractivity contribution in [2.75, 3.05) is 0 Å². The van der Waals surface area contributed by atoms with Crippen LogP contribution in [0.5, 0.6) is 0 Å². The van der Waals surface area contributed by atoms with E-state index < -0.39 is 0 Å². The van der Waals surface area contributed by atoms with Gasteiger partial charge in [0.2, 0.25) is 5.91 Å². The van der Waals surface area contributed by atoms with Gasteiger partial charge >= 0.3 is 0 Å². The first-order valence-electron chi connectivity index (χ1n) is 6.80. The molecule has 0 aliphatic heterocycles. The molecule has 0 fully saturated rings. The highest BCUT2D eigenvalue weighted by Gasteiger charge is 2.11. The van der Waals surface area contributed by atoms with Crippen LogP contribution in [0.1, 0.15) is 33.6 Å². The molecule has 1 aromatic carbocycles. The molecule has 1 heterocycles. The van der Waals surface area contributed by atoms with E-state index in [-0.39, 0.29) is 5.91 Å². The lowest BCUT2D eigenvalue weighted by atomic mass is 10.1. The third-order valence-corrected chi connectivity index (χ3v) is 3.59. The number of H-pyrrole nitrogens is 1. The van der Waals surface area contributed by atoms with E-state index >= 15 is 0 Å². The summed E-state index contributed by atoms with van der Waals surface area (Å²) in [5.41, 5.74) is 6.45. The van der Waals surface area contributed by atoms with E-state index in [0.717, 1.165) is 22.5 Å². The monoisotopic (exact) mass is 271 g/mol. The maximum absolute atomic E-state index is 12.0. The number of carbonyl (C=O) groups excluding carboxylic acids is 1. The van der Waals surface area contributed by atoms with Gasteiger partial charge in [-0.3, -0.25) is 9.89 Å². The smallest absolute Gasteiger partial charge is 0.224 e. The van der Waals surface area contributed by atoms with Gasteiger partial charge in [-0.05, 0) is 38.8 Å². The zero-order chi connectivity index (χ0) is 14.7. The van der Waals surface area contributed by atoms with Crippen LogP contribution in [-0.2, 0) is 17.8 Å². The third kappa shape index (κ3) is 3.26. The van der Waals surface area contributed by atoms with Crippen LogP contribution in [0, 0.1) is 27.7 Å². The summed E-state index contributed by atoms with van der Waals surface area (Å²) in [7, 11) is 0. The van der Waals surface area contributed by atoms with E-state index in [2.05, 4.69) is 47.6 Å². The largest absolute Gasteiger partial charge is 0.352 e. The number of aromatic nitrogens is 2. The maximum atomic E-state index is 12.0. The van der Waals surface area contributed by atoms with Crippen LogP contribution in [0.3, 0.4) is 0 Å². The van der Waals surface area contributed by atoms with Crippen LogP contribution in [0.25, 0.3) is 0 Å². The Hall–Kier alpha value is -2.10. The van der Waals surface area contributed by atoms with E-state index in [0.29, 0.717) is 13.0 Å². The number of hydrogen-bond acceptors (Lipinski definition) is 2. The first-order chi connectivity index (χ1) is 9.47. The van der Waals surface area contributed by atoms with Crippen LogP contribution in [0.2, 0.25) is 0 Å². The lowest BCUT2D eigenvalue weighted by molar-refractivity contribution is -0.120. The molecule has 1 amide bonds. The minimum absolute atomic E-state index is 0.0255. The van der Waals surface area contributed by atoms with E-state index in [1.807, 2.05) is 13.8 Å². The van der Waals surface area contributed by atoms with Crippen molar-refractivity contribution >= 4 is 5.91 Å². The summed E-state index contributed by atoms with van der Waals surface area (Å²) in [5.74, 6) is 0.0255. The molecule has 0 saturated carbocycles. The number of aromatic amines is 1. The average molecular weight is 271 g/mol. The molecule has 0 unspecified atom stereocenters. The second-order valence-electron chi connectivity index (χ2n) is 5.30. The van der Waals surface area contributed by atoms with Gasteiger partial charge in [0.05, 0.1) is 12.1 Å². The predicted molar refractivity (Wildman–Crippen MR) is 79.5 cm³/mol. The summed E-state index contributed by atoms with van der Waals surface area (Å²) >= 11 is 0. The van der Waals surface area contributed by atoms with E-state index in [1.165, 1.54) is 11.1 Å². The van der Waals surface area contributed by atoms with E-state index in [1.54, 1.807) is 0 Å². The number of benzene rings is 1. The van der Waals surface area contributed by atoms with Crippen LogP contribution < -0.4 is 5.32 Å². The van der Waals surface area contributed by atoms with Crippen molar-refractivity contribution in [1.82, 2.24) is 15.5 Å². The Bertz CT molecular complexity index is 609. The van der Waals surface area contributed by atoms with Crippen LogP contribution in [0.15, 0.2) is 18.2 Å². The molecule has 2 rings (SSSR count). The normalized spacial score (nSPS) is 10.6.